The van der Waals surface area contributed by atoms with Crippen LogP contribution in [0.15, 0.2) is 102 Å². The Morgan fingerprint density at radius 1 is 1.02 bits per heavy atom. The molecule has 3 aromatic heterocycles. The summed E-state index contributed by atoms with van der Waals surface area (Å²) in [5.74, 6) is 3.53. The van der Waals surface area contributed by atoms with E-state index in [-0.39, 0.29) is 6.04 Å². The van der Waals surface area contributed by atoms with E-state index in [1.807, 2.05) is 96.1 Å². The zero-order valence-corrected chi connectivity index (χ0v) is 24.7. The van der Waals surface area contributed by atoms with E-state index in [0.29, 0.717) is 47.2 Å². The zero-order valence-electron chi connectivity index (χ0n) is 24.7. The molecule has 0 radical (unpaired) electrons. The number of aromatic nitrogens is 4. The number of azo groups is 2. The summed E-state index contributed by atoms with van der Waals surface area (Å²) in [7, 11) is 9.28. The van der Waals surface area contributed by atoms with Crippen molar-refractivity contribution >= 4 is 29.4 Å². The summed E-state index contributed by atoms with van der Waals surface area (Å²) in [6.45, 7) is 4.08. The highest BCUT2D eigenvalue weighted by Gasteiger charge is 2.31. The highest BCUT2D eigenvalue weighted by molar-refractivity contribution is 5.86. The number of aryl methyl sites for hydroxylation is 3. The molecular formula is C27H34N14O+2. The second-order valence-electron chi connectivity index (χ2n) is 9.85. The summed E-state index contributed by atoms with van der Waals surface area (Å²) in [6.07, 6.45) is 11.7. The van der Waals surface area contributed by atoms with E-state index in [4.69, 9.17) is 4.74 Å². The van der Waals surface area contributed by atoms with Crippen LogP contribution >= 0.6 is 0 Å². The van der Waals surface area contributed by atoms with Gasteiger partial charge in [-0.2, -0.15) is 0 Å². The van der Waals surface area contributed by atoms with Crippen molar-refractivity contribution in [2.75, 3.05) is 14.2 Å². The number of hydrogen-bond donors (Lipinski definition) is 0. The third kappa shape index (κ3) is 6.04. The summed E-state index contributed by atoms with van der Waals surface area (Å²) in [5, 5.41) is 34.9. The molecule has 0 spiro atoms. The van der Waals surface area contributed by atoms with Gasteiger partial charge in [0.1, 0.15) is 5.75 Å². The number of fused-ring (bicyclic) bond motifs is 2. The van der Waals surface area contributed by atoms with Crippen molar-refractivity contribution in [3.63, 3.8) is 0 Å². The molecule has 15 nitrogen and oxygen atoms in total. The van der Waals surface area contributed by atoms with Crippen LogP contribution in [0, 0.1) is 0 Å². The van der Waals surface area contributed by atoms with E-state index >= 15 is 0 Å². The zero-order chi connectivity index (χ0) is 29.8. The average molecular weight is 571 g/mol. The molecule has 15 heteroatoms. The van der Waals surface area contributed by atoms with Gasteiger partial charge in [0.25, 0.3) is 0 Å². The van der Waals surface area contributed by atoms with Crippen LogP contribution in [0.5, 0.6) is 5.75 Å². The third-order valence-corrected chi connectivity index (χ3v) is 6.77. The summed E-state index contributed by atoms with van der Waals surface area (Å²) >= 11 is 0. The molecule has 3 aromatic rings. The van der Waals surface area contributed by atoms with E-state index in [2.05, 4.69) is 56.4 Å². The van der Waals surface area contributed by atoms with Gasteiger partial charge < -0.3 is 19.1 Å². The van der Waals surface area contributed by atoms with Crippen molar-refractivity contribution in [2.24, 2.45) is 62.0 Å². The van der Waals surface area contributed by atoms with Crippen LogP contribution in [0.2, 0.25) is 0 Å². The molecule has 0 aromatic carbocycles. The third-order valence-electron chi connectivity index (χ3n) is 6.77. The van der Waals surface area contributed by atoms with Gasteiger partial charge in [0.15, 0.2) is 17.2 Å². The molecule has 216 valence electrons. The maximum Gasteiger partial charge on any atom is 0.421 e. The van der Waals surface area contributed by atoms with Crippen LogP contribution < -0.4 is 19.4 Å². The Labute approximate surface area is 243 Å². The molecule has 0 amide bonds. The fraction of sp³-hybridized carbons (Fsp3) is 0.333. The Morgan fingerprint density at radius 2 is 1.86 bits per heavy atom. The van der Waals surface area contributed by atoms with Crippen molar-refractivity contribution < 1.29 is 13.9 Å². The minimum absolute atomic E-state index is 0.173. The quantitative estimate of drug-likeness (QED) is 0.157. The van der Waals surface area contributed by atoms with Crippen LogP contribution in [0.1, 0.15) is 25.5 Å². The normalized spacial score (nSPS) is 20.2. The largest absolute Gasteiger partial charge is 0.496 e. The van der Waals surface area contributed by atoms with Crippen molar-refractivity contribution in [1.29, 1.82) is 0 Å². The Bertz CT molecular complexity index is 1740. The van der Waals surface area contributed by atoms with Crippen molar-refractivity contribution in [2.45, 2.75) is 26.4 Å². The molecule has 5 rings (SSSR count). The number of hydrogen-bond acceptors (Lipinski definition) is 10. The topological polar surface area (TPSA) is 132 Å². The lowest BCUT2D eigenvalue weighted by molar-refractivity contribution is -0.658. The Morgan fingerprint density at radius 3 is 2.67 bits per heavy atom. The van der Waals surface area contributed by atoms with Crippen LogP contribution in [0.4, 0.5) is 11.8 Å². The molecule has 1 unspecified atom stereocenters. The minimum Gasteiger partial charge on any atom is -0.496 e. The molecule has 0 saturated heterocycles. The number of ether oxygens (including phenoxy) is 1. The lowest BCUT2D eigenvalue weighted by atomic mass is 10.1. The maximum absolute atomic E-state index is 5.28. The predicted molar refractivity (Wildman–Crippen MR) is 155 cm³/mol. The molecule has 1 atom stereocenters. The minimum atomic E-state index is -0.173. The first-order chi connectivity index (χ1) is 20.2. The standard InChI is InChI=1S/C27H34N14O/c1-19(29-33-25-17-22(42-7)9-11-37(25)4)28-32-24-16-21(8-10-36(24)3)23-18-40-14-12-38(5)26(40)34-30-20(2)31-35-27-39(6)13-15-41(23)27/h8-17,23H,18H2,1-7H3/q+2. The van der Waals surface area contributed by atoms with Gasteiger partial charge in [0.2, 0.25) is 5.96 Å². The molecule has 0 fully saturated rings. The maximum atomic E-state index is 5.28. The van der Waals surface area contributed by atoms with E-state index in [9.17, 15) is 0 Å². The number of methoxy groups -OCH3 is 1. The fourth-order valence-corrected chi connectivity index (χ4v) is 4.35. The predicted octanol–water partition coefficient (Wildman–Crippen LogP) is 2.75. The number of amidine groups is 2. The van der Waals surface area contributed by atoms with Gasteiger partial charge in [0, 0.05) is 57.7 Å². The Hall–Kier alpha value is -5.34. The van der Waals surface area contributed by atoms with Crippen LogP contribution in [-0.4, -0.2) is 50.7 Å². The lowest BCUT2D eigenvalue weighted by Crippen LogP contribution is -2.36. The van der Waals surface area contributed by atoms with E-state index < -0.39 is 0 Å². The number of pyridine rings is 2. The highest BCUT2D eigenvalue weighted by Crippen LogP contribution is 2.28. The molecule has 0 bridgehead atoms. The van der Waals surface area contributed by atoms with Crippen LogP contribution in [-0.2, 0) is 27.7 Å². The number of imidazole rings is 1. The van der Waals surface area contributed by atoms with Gasteiger partial charge in [-0.15, -0.1) is 20.4 Å². The summed E-state index contributed by atoms with van der Waals surface area (Å²) in [4.78, 5) is 4.01. The molecule has 0 aliphatic carbocycles. The SMILES string of the molecule is COc1cc[n+](C)c(N=N/C(C)=N/N=c2\cc(C3Cn4cc[n+](C)c4N=N/C(C)=N/N=C4\N(C)C=CN43)ccn2C)c1. The van der Waals surface area contributed by atoms with E-state index in [1.165, 1.54) is 0 Å². The number of nitrogens with zero attached hydrogens (tertiary/aromatic N) is 14. The smallest absolute Gasteiger partial charge is 0.421 e. The molecular weight excluding hydrogens is 536 g/mol. The van der Waals surface area contributed by atoms with Gasteiger partial charge >= 0.3 is 11.8 Å². The average Bonchev–Trinajstić information content (AvgIpc) is 3.52. The summed E-state index contributed by atoms with van der Waals surface area (Å²) < 4.78 is 13.0. The molecule has 0 N–H and O–H groups in total. The summed E-state index contributed by atoms with van der Waals surface area (Å²) in [5.41, 5.74) is 1.64. The Balaban J connectivity index is 1.52. The monoisotopic (exact) mass is 570 g/mol. The van der Waals surface area contributed by atoms with Gasteiger partial charge in [-0.1, -0.05) is 5.11 Å². The van der Waals surface area contributed by atoms with Gasteiger partial charge in [-0.05, 0) is 22.8 Å². The van der Waals surface area contributed by atoms with Gasteiger partial charge in [0.05, 0.1) is 63.6 Å². The molecule has 2 aliphatic heterocycles. The van der Waals surface area contributed by atoms with Crippen molar-refractivity contribution in [3.8, 4) is 5.75 Å². The second-order valence-corrected chi connectivity index (χ2v) is 9.85. The van der Waals surface area contributed by atoms with Crippen molar-refractivity contribution in [1.82, 2.24) is 18.9 Å². The molecule has 0 saturated carbocycles. The first-order valence-electron chi connectivity index (χ1n) is 13.2. The lowest BCUT2D eigenvalue weighted by Gasteiger charge is -2.28. The second kappa shape index (κ2) is 12.0. The van der Waals surface area contributed by atoms with E-state index in [0.717, 1.165) is 5.56 Å². The fourth-order valence-electron chi connectivity index (χ4n) is 4.35. The van der Waals surface area contributed by atoms with Crippen molar-refractivity contribution in [3.05, 3.63) is 72.5 Å². The summed E-state index contributed by atoms with van der Waals surface area (Å²) in [6, 6.07) is 7.54. The highest BCUT2D eigenvalue weighted by atomic mass is 16.5. The first-order valence-corrected chi connectivity index (χ1v) is 13.2. The van der Waals surface area contributed by atoms with Crippen LogP contribution in [0.25, 0.3) is 0 Å². The van der Waals surface area contributed by atoms with Crippen LogP contribution in [0.3, 0.4) is 0 Å². The molecule has 42 heavy (non-hydrogen) atoms. The number of guanidine groups is 1. The van der Waals surface area contributed by atoms with E-state index in [1.54, 1.807) is 27.0 Å². The van der Waals surface area contributed by atoms with Gasteiger partial charge in [-0.25, -0.2) is 13.7 Å². The molecule has 2 aliphatic rings. The molecule has 5 heterocycles. The Kier molecular flexibility index (Phi) is 8.08. The number of rotatable bonds is 4. The first kappa shape index (κ1) is 28.2. The van der Waals surface area contributed by atoms with Gasteiger partial charge in [-0.3, -0.25) is 0 Å².